The lowest BCUT2D eigenvalue weighted by atomic mass is 10.2. The SMILES string of the molecule is CCOc1ccccc1OCC(=O)Nc1ccc(CNC(=O)CNC(=O)OC(C)(C)C)cc1. The fourth-order valence-electron chi connectivity index (χ4n) is 2.62. The molecule has 0 heterocycles. The summed E-state index contributed by atoms with van der Waals surface area (Å²) in [5.41, 5.74) is 0.807. The zero-order valence-corrected chi connectivity index (χ0v) is 19.4. The van der Waals surface area contributed by atoms with Gasteiger partial charge in [-0.2, -0.15) is 0 Å². The molecule has 2 rings (SSSR count). The number of hydrogen-bond donors (Lipinski definition) is 3. The van der Waals surface area contributed by atoms with E-state index in [1.54, 1.807) is 63.2 Å². The van der Waals surface area contributed by atoms with E-state index in [0.717, 1.165) is 5.56 Å². The van der Waals surface area contributed by atoms with Crippen LogP contribution in [0.2, 0.25) is 0 Å². The van der Waals surface area contributed by atoms with Gasteiger partial charge < -0.3 is 30.2 Å². The molecule has 0 bridgehead atoms. The third-order valence-electron chi connectivity index (χ3n) is 4.03. The van der Waals surface area contributed by atoms with E-state index in [1.807, 2.05) is 13.0 Å². The normalized spacial score (nSPS) is 10.7. The predicted molar refractivity (Wildman–Crippen MR) is 124 cm³/mol. The number of carbonyl (C=O) groups is 3. The first kappa shape index (κ1) is 25.5. The molecular weight excluding hydrogens is 426 g/mol. The third-order valence-corrected chi connectivity index (χ3v) is 4.03. The number of alkyl carbamates (subject to hydrolysis) is 1. The molecule has 0 radical (unpaired) electrons. The zero-order valence-electron chi connectivity index (χ0n) is 19.4. The van der Waals surface area contributed by atoms with Gasteiger partial charge in [0.25, 0.3) is 5.91 Å². The molecule has 0 unspecified atom stereocenters. The largest absolute Gasteiger partial charge is 0.490 e. The van der Waals surface area contributed by atoms with E-state index in [1.165, 1.54) is 0 Å². The summed E-state index contributed by atoms with van der Waals surface area (Å²) in [6, 6.07) is 14.2. The molecule has 3 amide bonds. The molecule has 0 saturated heterocycles. The molecule has 0 aliphatic heterocycles. The summed E-state index contributed by atoms with van der Waals surface area (Å²) in [6.07, 6.45) is -0.650. The Bertz CT molecular complexity index is 938. The lowest BCUT2D eigenvalue weighted by molar-refractivity contribution is -0.120. The number of carbonyl (C=O) groups excluding carboxylic acids is 3. The molecule has 0 saturated carbocycles. The van der Waals surface area contributed by atoms with Gasteiger partial charge in [0.15, 0.2) is 18.1 Å². The smallest absolute Gasteiger partial charge is 0.408 e. The van der Waals surface area contributed by atoms with Crippen molar-refractivity contribution in [3.63, 3.8) is 0 Å². The van der Waals surface area contributed by atoms with Crippen LogP contribution in [0.25, 0.3) is 0 Å². The van der Waals surface area contributed by atoms with Crippen LogP contribution >= 0.6 is 0 Å². The zero-order chi connectivity index (χ0) is 24.3. The number of amides is 3. The van der Waals surface area contributed by atoms with Crippen molar-refractivity contribution >= 4 is 23.6 Å². The summed E-state index contributed by atoms with van der Waals surface area (Å²) in [7, 11) is 0. The van der Waals surface area contributed by atoms with Crippen LogP contribution in [0.3, 0.4) is 0 Å². The van der Waals surface area contributed by atoms with Crippen LogP contribution in [-0.4, -0.2) is 43.3 Å². The second kappa shape index (κ2) is 12.3. The Balaban J connectivity index is 1.73. The van der Waals surface area contributed by atoms with Gasteiger partial charge in [0.2, 0.25) is 5.91 Å². The van der Waals surface area contributed by atoms with Crippen molar-refractivity contribution in [3.8, 4) is 11.5 Å². The minimum absolute atomic E-state index is 0.160. The molecule has 33 heavy (non-hydrogen) atoms. The van der Waals surface area contributed by atoms with Crippen LogP contribution in [0.4, 0.5) is 10.5 Å². The second-order valence-electron chi connectivity index (χ2n) is 8.05. The number of rotatable bonds is 10. The molecular formula is C24H31N3O6. The summed E-state index contributed by atoms with van der Waals surface area (Å²) in [6.45, 7) is 7.54. The van der Waals surface area contributed by atoms with Crippen LogP contribution in [0.1, 0.15) is 33.3 Å². The number of benzene rings is 2. The van der Waals surface area contributed by atoms with Crippen LogP contribution in [0.15, 0.2) is 48.5 Å². The summed E-state index contributed by atoms with van der Waals surface area (Å²) in [5, 5.41) is 7.86. The van der Waals surface area contributed by atoms with E-state index in [2.05, 4.69) is 16.0 Å². The molecule has 2 aromatic carbocycles. The molecule has 9 nitrogen and oxygen atoms in total. The first-order valence-corrected chi connectivity index (χ1v) is 10.6. The Labute approximate surface area is 193 Å². The van der Waals surface area contributed by atoms with Gasteiger partial charge in [-0.25, -0.2) is 4.79 Å². The number of hydrogen-bond acceptors (Lipinski definition) is 6. The Kier molecular flexibility index (Phi) is 9.53. The van der Waals surface area contributed by atoms with E-state index >= 15 is 0 Å². The molecule has 0 fully saturated rings. The van der Waals surface area contributed by atoms with Crippen molar-refractivity contribution in [2.45, 2.75) is 39.8 Å². The lowest BCUT2D eigenvalue weighted by Crippen LogP contribution is -2.39. The summed E-state index contributed by atoms with van der Waals surface area (Å²) >= 11 is 0. The fraction of sp³-hybridized carbons (Fsp3) is 0.375. The number of ether oxygens (including phenoxy) is 3. The molecule has 0 atom stereocenters. The topological polar surface area (TPSA) is 115 Å². The monoisotopic (exact) mass is 457 g/mol. The predicted octanol–water partition coefficient (Wildman–Crippen LogP) is 3.24. The molecule has 0 spiro atoms. The summed E-state index contributed by atoms with van der Waals surface area (Å²) in [4.78, 5) is 35.7. The molecule has 178 valence electrons. The van der Waals surface area contributed by atoms with E-state index in [-0.39, 0.29) is 31.5 Å². The number of nitrogens with one attached hydrogen (secondary N) is 3. The average Bonchev–Trinajstić information content (AvgIpc) is 2.76. The molecule has 0 aromatic heterocycles. The van der Waals surface area contributed by atoms with Gasteiger partial charge in [-0.1, -0.05) is 24.3 Å². The first-order valence-electron chi connectivity index (χ1n) is 10.6. The lowest BCUT2D eigenvalue weighted by Gasteiger charge is -2.19. The van der Waals surface area contributed by atoms with E-state index in [9.17, 15) is 14.4 Å². The van der Waals surface area contributed by atoms with Gasteiger partial charge >= 0.3 is 6.09 Å². The first-order chi connectivity index (χ1) is 15.7. The van der Waals surface area contributed by atoms with E-state index in [0.29, 0.717) is 23.8 Å². The third kappa shape index (κ3) is 9.94. The van der Waals surface area contributed by atoms with Crippen molar-refractivity contribution in [1.29, 1.82) is 0 Å². The Morgan fingerprint density at radius 1 is 0.848 bits per heavy atom. The maximum atomic E-state index is 12.2. The minimum Gasteiger partial charge on any atom is -0.490 e. The standard InChI is InChI=1S/C24H31N3O6/c1-5-31-19-8-6-7-9-20(19)32-16-22(29)27-18-12-10-17(11-13-18)14-25-21(28)15-26-23(30)33-24(2,3)4/h6-13H,5,14-16H2,1-4H3,(H,25,28)(H,26,30)(H,27,29). The van der Waals surface area contributed by atoms with Crippen molar-refractivity contribution in [1.82, 2.24) is 10.6 Å². The molecule has 3 N–H and O–H groups in total. The fourth-order valence-corrected chi connectivity index (χ4v) is 2.62. The maximum absolute atomic E-state index is 12.2. The average molecular weight is 458 g/mol. The van der Waals surface area contributed by atoms with Gasteiger partial charge in [0.05, 0.1) is 6.61 Å². The van der Waals surface area contributed by atoms with Crippen LogP contribution in [0, 0.1) is 0 Å². The molecule has 0 aliphatic rings. The summed E-state index contributed by atoms with van der Waals surface area (Å²) in [5.74, 6) is 0.431. The van der Waals surface area contributed by atoms with Gasteiger partial charge in [-0.05, 0) is 57.5 Å². The van der Waals surface area contributed by atoms with Crippen LogP contribution < -0.4 is 25.4 Å². The van der Waals surface area contributed by atoms with Gasteiger partial charge in [-0.3, -0.25) is 9.59 Å². The Morgan fingerprint density at radius 3 is 2.09 bits per heavy atom. The quantitative estimate of drug-likeness (QED) is 0.505. The van der Waals surface area contributed by atoms with E-state index in [4.69, 9.17) is 14.2 Å². The Hall–Kier alpha value is -3.75. The number of anilines is 1. The van der Waals surface area contributed by atoms with Gasteiger partial charge in [-0.15, -0.1) is 0 Å². The highest BCUT2D eigenvalue weighted by atomic mass is 16.6. The highest BCUT2D eigenvalue weighted by Gasteiger charge is 2.16. The van der Waals surface area contributed by atoms with Crippen LogP contribution in [0.5, 0.6) is 11.5 Å². The van der Waals surface area contributed by atoms with Crippen molar-refractivity contribution < 1.29 is 28.6 Å². The molecule has 9 heteroatoms. The maximum Gasteiger partial charge on any atom is 0.408 e. The second-order valence-corrected chi connectivity index (χ2v) is 8.05. The highest BCUT2D eigenvalue weighted by Crippen LogP contribution is 2.26. The number of para-hydroxylation sites is 2. The van der Waals surface area contributed by atoms with Gasteiger partial charge in [0, 0.05) is 12.2 Å². The minimum atomic E-state index is -0.650. The molecule has 2 aromatic rings. The summed E-state index contributed by atoms with van der Waals surface area (Å²) < 4.78 is 16.1. The van der Waals surface area contributed by atoms with Crippen LogP contribution in [-0.2, 0) is 20.9 Å². The van der Waals surface area contributed by atoms with Gasteiger partial charge in [0.1, 0.15) is 12.1 Å². The highest BCUT2D eigenvalue weighted by molar-refractivity contribution is 5.91. The van der Waals surface area contributed by atoms with Crippen molar-refractivity contribution in [2.75, 3.05) is 25.1 Å². The van der Waals surface area contributed by atoms with Crippen molar-refractivity contribution in [2.24, 2.45) is 0 Å². The van der Waals surface area contributed by atoms with Crippen molar-refractivity contribution in [3.05, 3.63) is 54.1 Å². The van der Waals surface area contributed by atoms with E-state index < -0.39 is 11.7 Å². The Morgan fingerprint density at radius 2 is 1.48 bits per heavy atom. The molecule has 0 aliphatic carbocycles.